The minimum atomic E-state index is 0.00347. The summed E-state index contributed by atoms with van der Waals surface area (Å²) < 4.78 is 1.97. The van der Waals surface area contributed by atoms with Crippen molar-refractivity contribution in [1.82, 2.24) is 19.7 Å². The third-order valence-corrected chi connectivity index (χ3v) is 4.74. The van der Waals surface area contributed by atoms with Crippen molar-refractivity contribution in [1.29, 1.82) is 0 Å². The molecule has 0 saturated heterocycles. The van der Waals surface area contributed by atoms with Gasteiger partial charge in [-0.05, 0) is 56.2 Å². The summed E-state index contributed by atoms with van der Waals surface area (Å²) in [6.45, 7) is 6.56. The number of imidazole rings is 1. The first-order valence-corrected chi connectivity index (χ1v) is 8.78. The van der Waals surface area contributed by atoms with Crippen molar-refractivity contribution in [3.05, 3.63) is 70.8 Å². The van der Waals surface area contributed by atoms with Gasteiger partial charge in [-0.2, -0.15) is 0 Å². The highest BCUT2D eigenvalue weighted by atomic mass is 16.1. The van der Waals surface area contributed by atoms with Crippen molar-refractivity contribution in [2.45, 2.75) is 33.7 Å². The lowest BCUT2D eigenvalue weighted by atomic mass is 10.1. The van der Waals surface area contributed by atoms with Gasteiger partial charge < -0.3 is 14.7 Å². The van der Waals surface area contributed by atoms with E-state index in [-0.39, 0.29) is 5.91 Å². The van der Waals surface area contributed by atoms with Crippen LogP contribution in [0.15, 0.2) is 42.7 Å². The lowest BCUT2D eigenvalue weighted by Crippen LogP contribution is -2.24. The number of carbonyl (C=O) groups excluding carboxylic acids is 1. The average molecular weight is 346 g/mol. The van der Waals surface area contributed by atoms with E-state index in [9.17, 15) is 4.79 Å². The van der Waals surface area contributed by atoms with Crippen LogP contribution in [0.2, 0.25) is 0 Å². The number of nitrogens with zero attached hydrogens (tertiary/aromatic N) is 2. The number of benzene rings is 1. The zero-order valence-electron chi connectivity index (χ0n) is 15.3. The van der Waals surface area contributed by atoms with Gasteiger partial charge in [0.15, 0.2) is 0 Å². The summed E-state index contributed by atoms with van der Waals surface area (Å²) in [7, 11) is 0. The molecular formula is C21H22N4O. The monoisotopic (exact) mass is 346 g/mol. The maximum absolute atomic E-state index is 12.5. The summed E-state index contributed by atoms with van der Waals surface area (Å²) in [6, 6.07) is 10.3. The van der Waals surface area contributed by atoms with Crippen LogP contribution >= 0.6 is 0 Å². The van der Waals surface area contributed by atoms with Crippen LogP contribution in [0, 0.1) is 20.8 Å². The van der Waals surface area contributed by atoms with Crippen molar-refractivity contribution >= 4 is 22.5 Å². The molecule has 5 nitrogen and oxygen atoms in total. The Bertz CT molecular complexity index is 1120. The van der Waals surface area contributed by atoms with Crippen molar-refractivity contribution in [3.8, 4) is 0 Å². The molecule has 4 rings (SSSR count). The predicted molar refractivity (Wildman–Crippen MR) is 103 cm³/mol. The van der Waals surface area contributed by atoms with E-state index in [1.807, 2.05) is 42.8 Å². The van der Waals surface area contributed by atoms with Crippen LogP contribution < -0.4 is 5.32 Å². The summed E-state index contributed by atoms with van der Waals surface area (Å²) in [4.78, 5) is 20.4. The summed E-state index contributed by atoms with van der Waals surface area (Å²) in [5.41, 5.74) is 7.30. The number of fused-ring (bicyclic) bond motifs is 2. The van der Waals surface area contributed by atoms with E-state index in [4.69, 9.17) is 0 Å². The molecule has 0 fully saturated rings. The van der Waals surface area contributed by atoms with Crippen molar-refractivity contribution in [2.75, 3.05) is 0 Å². The fourth-order valence-corrected chi connectivity index (χ4v) is 3.36. The van der Waals surface area contributed by atoms with Crippen LogP contribution in [0.3, 0.4) is 0 Å². The van der Waals surface area contributed by atoms with E-state index in [0.29, 0.717) is 13.0 Å². The maximum Gasteiger partial charge on any atom is 0.224 e. The Hall–Kier alpha value is -3.08. The smallest absolute Gasteiger partial charge is 0.224 e. The van der Waals surface area contributed by atoms with Gasteiger partial charge in [-0.3, -0.25) is 4.79 Å². The SMILES string of the molecule is Cc1ccc2[nH]c(C)c(CC(=O)NCc3cn4ccc(C)cc4n3)c2c1. The molecule has 3 aromatic heterocycles. The highest BCUT2D eigenvalue weighted by Crippen LogP contribution is 2.23. The summed E-state index contributed by atoms with van der Waals surface area (Å²) in [5.74, 6) is 0.00347. The fourth-order valence-electron chi connectivity index (χ4n) is 3.36. The number of aryl methyl sites for hydroxylation is 3. The molecular weight excluding hydrogens is 324 g/mol. The molecule has 1 aromatic carbocycles. The third kappa shape index (κ3) is 3.08. The van der Waals surface area contributed by atoms with Crippen LogP contribution in [-0.2, 0) is 17.8 Å². The second-order valence-corrected chi connectivity index (χ2v) is 6.93. The molecule has 2 N–H and O–H groups in total. The molecule has 4 aromatic rings. The highest BCUT2D eigenvalue weighted by molar-refractivity contribution is 5.90. The number of hydrogen-bond acceptors (Lipinski definition) is 2. The number of rotatable bonds is 4. The second-order valence-electron chi connectivity index (χ2n) is 6.93. The molecule has 0 aliphatic heterocycles. The molecule has 0 aliphatic rings. The number of nitrogens with one attached hydrogen (secondary N) is 2. The van der Waals surface area contributed by atoms with E-state index in [1.54, 1.807) is 0 Å². The number of aromatic amines is 1. The molecule has 1 amide bonds. The Morgan fingerprint density at radius 3 is 2.81 bits per heavy atom. The zero-order chi connectivity index (χ0) is 18.3. The average Bonchev–Trinajstić information content (AvgIpc) is 3.14. The van der Waals surface area contributed by atoms with Gasteiger partial charge in [-0.1, -0.05) is 11.6 Å². The summed E-state index contributed by atoms with van der Waals surface area (Å²) >= 11 is 0. The molecule has 0 atom stereocenters. The topological polar surface area (TPSA) is 62.2 Å². The molecule has 0 radical (unpaired) electrons. The maximum atomic E-state index is 12.5. The Balaban J connectivity index is 1.48. The first-order valence-electron chi connectivity index (χ1n) is 8.78. The summed E-state index contributed by atoms with van der Waals surface area (Å²) in [5, 5.41) is 4.12. The normalized spacial score (nSPS) is 11.3. The first-order chi connectivity index (χ1) is 12.5. The Morgan fingerprint density at radius 1 is 1.15 bits per heavy atom. The number of H-pyrrole nitrogens is 1. The molecule has 0 unspecified atom stereocenters. The van der Waals surface area contributed by atoms with Gasteiger partial charge in [0.25, 0.3) is 0 Å². The number of aromatic nitrogens is 3. The first kappa shape index (κ1) is 16.4. The van der Waals surface area contributed by atoms with Gasteiger partial charge in [0.1, 0.15) is 5.65 Å². The van der Waals surface area contributed by atoms with E-state index in [0.717, 1.165) is 33.5 Å². The van der Waals surface area contributed by atoms with Crippen LogP contribution in [0.25, 0.3) is 16.6 Å². The third-order valence-electron chi connectivity index (χ3n) is 4.74. The lowest BCUT2D eigenvalue weighted by Gasteiger charge is -2.04. The van der Waals surface area contributed by atoms with E-state index >= 15 is 0 Å². The lowest BCUT2D eigenvalue weighted by molar-refractivity contribution is -0.120. The number of carbonyl (C=O) groups is 1. The molecule has 5 heteroatoms. The molecule has 26 heavy (non-hydrogen) atoms. The van der Waals surface area contributed by atoms with Gasteiger partial charge in [0.05, 0.1) is 18.7 Å². The number of hydrogen-bond donors (Lipinski definition) is 2. The molecule has 0 saturated carbocycles. The minimum absolute atomic E-state index is 0.00347. The molecule has 0 aliphatic carbocycles. The van der Waals surface area contributed by atoms with E-state index in [2.05, 4.69) is 40.4 Å². The second kappa shape index (κ2) is 6.33. The number of amides is 1. The van der Waals surface area contributed by atoms with Crippen molar-refractivity contribution in [3.63, 3.8) is 0 Å². The molecule has 0 bridgehead atoms. The van der Waals surface area contributed by atoms with Crippen LogP contribution in [0.4, 0.5) is 0 Å². The molecule has 3 heterocycles. The van der Waals surface area contributed by atoms with Crippen LogP contribution in [0.1, 0.15) is 28.1 Å². The molecule has 132 valence electrons. The van der Waals surface area contributed by atoms with Crippen molar-refractivity contribution < 1.29 is 4.79 Å². The van der Waals surface area contributed by atoms with Crippen molar-refractivity contribution in [2.24, 2.45) is 0 Å². The largest absolute Gasteiger partial charge is 0.358 e. The highest BCUT2D eigenvalue weighted by Gasteiger charge is 2.13. The zero-order valence-corrected chi connectivity index (χ0v) is 15.3. The number of pyridine rings is 1. The van der Waals surface area contributed by atoms with Gasteiger partial charge in [-0.15, -0.1) is 0 Å². The standard InChI is InChI=1S/C21H22N4O/c1-13-4-5-19-18(8-13)17(15(3)23-19)10-21(26)22-11-16-12-25-7-6-14(2)9-20(25)24-16/h4-9,12,23H,10-11H2,1-3H3,(H,22,26). The predicted octanol–water partition coefficient (Wildman–Crippen LogP) is 3.60. The Labute approximate surface area is 152 Å². The van der Waals surface area contributed by atoms with Gasteiger partial charge in [-0.25, -0.2) is 4.98 Å². The summed E-state index contributed by atoms with van der Waals surface area (Å²) in [6.07, 6.45) is 4.30. The van der Waals surface area contributed by atoms with E-state index in [1.165, 1.54) is 11.1 Å². The fraction of sp³-hybridized carbons (Fsp3) is 0.238. The molecule has 0 spiro atoms. The van der Waals surface area contributed by atoms with Gasteiger partial charge in [0.2, 0.25) is 5.91 Å². The minimum Gasteiger partial charge on any atom is -0.358 e. The van der Waals surface area contributed by atoms with E-state index < -0.39 is 0 Å². The Kier molecular flexibility index (Phi) is 3.99. The Morgan fingerprint density at radius 2 is 1.96 bits per heavy atom. The van der Waals surface area contributed by atoms with Gasteiger partial charge in [0, 0.05) is 29.0 Å². The van der Waals surface area contributed by atoms with Crippen LogP contribution in [-0.4, -0.2) is 20.3 Å². The van der Waals surface area contributed by atoms with Gasteiger partial charge >= 0.3 is 0 Å². The quantitative estimate of drug-likeness (QED) is 0.593. The van der Waals surface area contributed by atoms with Crippen LogP contribution in [0.5, 0.6) is 0 Å².